The van der Waals surface area contributed by atoms with Gasteiger partial charge in [-0.1, -0.05) is 22.9 Å². The van der Waals surface area contributed by atoms with Gasteiger partial charge in [-0.05, 0) is 49.4 Å². The van der Waals surface area contributed by atoms with E-state index in [-0.39, 0.29) is 29.9 Å². The molecule has 1 saturated heterocycles. The van der Waals surface area contributed by atoms with Crippen molar-refractivity contribution in [2.75, 3.05) is 26.2 Å². The average Bonchev–Trinajstić information content (AvgIpc) is 2.54. The lowest BCUT2D eigenvalue weighted by molar-refractivity contribution is 0.0953. The monoisotopic (exact) mass is 508 g/mol. The molecule has 0 saturated carbocycles. The number of hydrogen-bond acceptors (Lipinski definition) is 2. The predicted octanol–water partition coefficient (Wildman–Crippen LogP) is 3.23. The molecule has 1 fully saturated rings. The van der Waals surface area contributed by atoms with E-state index in [0.717, 1.165) is 24.0 Å². The highest BCUT2D eigenvalue weighted by Crippen LogP contribution is 2.14. The Morgan fingerprint density at radius 1 is 1.42 bits per heavy atom. The van der Waals surface area contributed by atoms with E-state index < -0.39 is 0 Å². The molecule has 1 aromatic carbocycles. The number of carbonyl (C=O) groups excluding carboxylic acids is 1. The molecule has 0 aliphatic carbocycles. The Morgan fingerprint density at radius 2 is 2.12 bits per heavy atom. The number of amides is 1. The summed E-state index contributed by atoms with van der Waals surface area (Å²) in [5, 5.41) is 2.90. The molecule has 2 rings (SSSR count). The highest BCUT2D eigenvalue weighted by Gasteiger charge is 2.17. The fraction of sp³-hybridized carbons (Fsp3) is 0.529. The zero-order valence-electron chi connectivity index (χ0n) is 14.0. The number of piperidine rings is 1. The van der Waals surface area contributed by atoms with Crippen molar-refractivity contribution in [2.45, 2.75) is 26.2 Å². The molecule has 5 nitrogen and oxygen atoms in total. The summed E-state index contributed by atoms with van der Waals surface area (Å²) in [6, 6.07) is 7.32. The van der Waals surface area contributed by atoms with Crippen molar-refractivity contribution >= 4 is 51.8 Å². The summed E-state index contributed by atoms with van der Waals surface area (Å²) in [5.41, 5.74) is 6.71. The lowest BCUT2D eigenvalue weighted by Crippen LogP contribution is -2.43. The molecule has 1 atom stereocenters. The number of nitrogens with zero attached hydrogens (tertiary/aromatic N) is 2. The Bertz CT molecular complexity index is 550. The number of nitrogens with two attached hydrogens (primary N) is 1. The zero-order valence-corrected chi connectivity index (χ0v) is 17.9. The molecule has 1 unspecified atom stereocenters. The van der Waals surface area contributed by atoms with Crippen molar-refractivity contribution in [1.29, 1.82) is 0 Å². The van der Waals surface area contributed by atoms with Crippen molar-refractivity contribution in [3.8, 4) is 0 Å². The number of halogens is 2. The quantitative estimate of drug-likeness (QED) is 0.277. The molecule has 1 aromatic rings. The minimum Gasteiger partial charge on any atom is -0.370 e. The molecule has 1 amide bonds. The Hall–Kier alpha value is -0.830. The minimum absolute atomic E-state index is 0. The van der Waals surface area contributed by atoms with Gasteiger partial charge in [0, 0.05) is 36.2 Å². The summed E-state index contributed by atoms with van der Waals surface area (Å²) in [5.74, 6) is 1.26. The highest BCUT2D eigenvalue weighted by atomic mass is 127. The fourth-order valence-corrected chi connectivity index (χ4v) is 2.94. The number of rotatable bonds is 5. The molecule has 134 valence electrons. The van der Waals surface area contributed by atoms with Crippen LogP contribution in [0.3, 0.4) is 0 Å². The van der Waals surface area contributed by atoms with Gasteiger partial charge in [-0.3, -0.25) is 9.79 Å². The van der Waals surface area contributed by atoms with Crippen LogP contribution >= 0.6 is 39.9 Å². The molecular weight excluding hydrogens is 483 g/mol. The maximum absolute atomic E-state index is 11.9. The van der Waals surface area contributed by atoms with Crippen LogP contribution in [0.4, 0.5) is 0 Å². The van der Waals surface area contributed by atoms with Crippen LogP contribution < -0.4 is 11.1 Å². The van der Waals surface area contributed by atoms with Crippen LogP contribution in [0, 0.1) is 5.92 Å². The number of hydrogen-bond donors (Lipinski definition) is 2. The Labute approximate surface area is 169 Å². The molecule has 0 radical (unpaired) electrons. The minimum atomic E-state index is -0.0562. The van der Waals surface area contributed by atoms with Gasteiger partial charge in [0.1, 0.15) is 0 Å². The third kappa shape index (κ3) is 6.96. The first-order valence-corrected chi connectivity index (χ1v) is 8.94. The summed E-state index contributed by atoms with van der Waals surface area (Å²) in [7, 11) is 0. The first-order valence-electron chi connectivity index (χ1n) is 8.15. The summed E-state index contributed by atoms with van der Waals surface area (Å²) >= 11 is 3.36. The van der Waals surface area contributed by atoms with E-state index in [1.165, 1.54) is 12.8 Å². The van der Waals surface area contributed by atoms with E-state index in [4.69, 9.17) is 5.73 Å². The highest BCUT2D eigenvalue weighted by molar-refractivity contribution is 14.0. The van der Waals surface area contributed by atoms with E-state index in [9.17, 15) is 4.79 Å². The van der Waals surface area contributed by atoms with Crippen LogP contribution in [0.25, 0.3) is 0 Å². The predicted molar refractivity (Wildman–Crippen MR) is 113 cm³/mol. The van der Waals surface area contributed by atoms with Gasteiger partial charge in [0.25, 0.3) is 5.91 Å². The number of benzene rings is 1. The molecular formula is C17H26BrIN4O. The maximum Gasteiger partial charge on any atom is 0.251 e. The molecule has 0 spiro atoms. The third-order valence-electron chi connectivity index (χ3n) is 3.98. The molecule has 3 N–H and O–H groups in total. The van der Waals surface area contributed by atoms with Gasteiger partial charge in [-0.2, -0.15) is 0 Å². The Morgan fingerprint density at radius 3 is 2.79 bits per heavy atom. The van der Waals surface area contributed by atoms with Gasteiger partial charge in [0.2, 0.25) is 0 Å². The van der Waals surface area contributed by atoms with Crippen LogP contribution in [-0.2, 0) is 0 Å². The number of likely N-dealkylation sites (tertiary alicyclic amines) is 1. The largest absolute Gasteiger partial charge is 0.370 e. The molecule has 1 aliphatic heterocycles. The van der Waals surface area contributed by atoms with Crippen LogP contribution in [0.15, 0.2) is 33.7 Å². The van der Waals surface area contributed by atoms with Gasteiger partial charge < -0.3 is 16.0 Å². The third-order valence-corrected chi connectivity index (χ3v) is 4.51. The number of carbonyl (C=O) groups is 1. The van der Waals surface area contributed by atoms with Gasteiger partial charge in [-0.15, -0.1) is 24.0 Å². The van der Waals surface area contributed by atoms with E-state index in [1.807, 2.05) is 12.1 Å². The molecule has 1 heterocycles. The van der Waals surface area contributed by atoms with Crippen molar-refractivity contribution < 1.29 is 4.79 Å². The normalized spacial score (nSPS) is 18.0. The Balaban J connectivity index is 0.00000288. The van der Waals surface area contributed by atoms with Crippen LogP contribution in [-0.4, -0.2) is 42.9 Å². The maximum atomic E-state index is 11.9. The molecule has 0 aromatic heterocycles. The SMILES string of the molecule is CC1CCCN(C(N)=NCCCNC(=O)c2ccc(Br)cc2)C1.I. The molecule has 1 aliphatic rings. The number of aliphatic imine (C=N–C) groups is 1. The van der Waals surface area contributed by atoms with Crippen molar-refractivity contribution in [3.63, 3.8) is 0 Å². The summed E-state index contributed by atoms with van der Waals surface area (Å²) in [4.78, 5) is 18.5. The Kier molecular flexibility index (Phi) is 9.65. The van der Waals surface area contributed by atoms with Gasteiger partial charge in [-0.25, -0.2) is 0 Å². The topological polar surface area (TPSA) is 70.7 Å². The first-order chi connectivity index (χ1) is 11.1. The zero-order chi connectivity index (χ0) is 16.7. The molecule has 0 bridgehead atoms. The van der Waals surface area contributed by atoms with E-state index >= 15 is 0 Å². The molecule has 7 heteroatoms. The van der Waals surface area contributed by atoms with Crippen molar-refractivity contribution in [1.82, 2.24) is 10.2 Å². The van der Waals surface area contributed by atoms with E-state index in [0.29, 0.717) is 30.5 Å². The van der Waals surface area contributed by atoms with Crippen LogP contribution in [0.1, 0.15) is 36.5 Å². The average molecular weight is 509 g/mol. The lowest BCUT2D eigenvalue weighted by atomic mass is 10.0. The smallest absolute Gasteiger partial charge is 0.251 e. The van der Waals surface area contributed by atoms with Gasteiger partial charge in [0.05, 0.1) is 0 Å². The first kappa shape index (κ1) is 21.2. The fourth-order valence-electron chi connectivity index (χ4n) is 2.68. The lowest BCUT2D eigenvalue weighted by Gasteiger charge is -2.31. The van der Waals surface area contributed by atoms with Crippen molar-refractivity contribution in [3.05, 3.63) is 34.3 Å². The second-order valence-electron chi connectivity index (χ2n) is 6.05. The van der Waals surface area contributed by atoms with Crippen LogP contribution in [0.5, 0.6) is 0 Å². The summed E-state index contributed by atoms with van der Waals surface area (Å²) in [6.07, 6.45) is 3.23. The van der Waals surface area contributed by atoms with Gasteiger partial charge in [0.15, 0.2) is 5.96 Å². The van der Waals surface area contributed by atoms with E-state index in [2.05, 4.69) is 38.1 Å². The summed E-state index contributed by atoms with van der Waals surface area (Å²) < 4.78 is 0.964. The van der Waals surface area contributed by atoms with E-state index in [1.54, 1.807) is 12.1 Å². The number of nitrogens with one attached hydrogen (secondary N) is 1. The molecule has 24 heavy (non-hydrogen) atoms. The van der Waals surface area contributed by atoms with Crippen LogP contribution in [0.2, 0.25) is 0 Å². The summed E-state index contributed by atoms with van der Waals surface area (Å²) in [6.45, 7) is 5.48. The second kappa shape index (κ2) is 10.9. The van der Waals surface area contributed by atoms with Crippen molar-refractivity contribution in [2.24, 2.45) is 16.6 Å². The number of guanidine groups is 1. The van der Waals surface area contributed by atoms with Gasteiger partial charge >= 0.3 is 0 Å². The standard InChI is InChI=1S/C17H25BrN4O.HI/c1-13-4-2-11-22(12-13)17(19)21-10-3-9-20-16(23)14-5-7-15(18)8-6-14;/h5-8,13H,2-4,9-12H2,1H3,(H2,19,21)(H,20,23);1H. The second-order valence-corrected chi connectivity index (χ2v) is 6.97.